The van der Waals surface area contributed by atoms with Crippen LogP contribution in [0.25, 0.3) is 0 Å². The Morgan fingerprint density at radius 3 is 2.36 bits per heavy atom. The van der Waals surface area contributed by atoms with Gasteiger partial charge >= 0.3 is 0 Å². The van der Waals surface area contributed by atoms with Crippen molar-refractivity contribution in [1.29, 1.82) is 0 Å². The number of hydrogen-bond acceptors (Lipinski definition) is 3. The Morgan fingerprint density at radius 2 is 1.82 bits per heavy atom. The first-order chi connectivity index (χ1) is 10.4. The second-order valence-corrected chi connectivity index (χ2v) is 6.96. The molecule has 0 spiro atoms. The van der Waals surface area contributed by atoms with Gasteiger partial charge in [-0.25, -0.2) is 0 Å². The number of carbonyl (C=O) groups excluding carboxylic acids is 2. The van der Waals surface area contributed by atoms with Crippen LogP contribution < -0.4 is 5.32 Å². The number of fused-ring (bicyclic) bond motifs is 1. The molecule has 1 aliphatic heterocycles. The fraction of sp³-hybridized carbons (Fsp3) is 0.500. The van der Waals surface area contributed by atoms with Crippen LogP contribution in [0.2, 0.25) is 10.0 Å². The van der Waals surface area contributed by atoms with E-state index in [4.69, 9.17) is 27.9 Å². The predicted molar refractivity (Wildman–Crippen MR) is 84.0 cm³/mol. The number of carbonyl (C=O) groups is 2. The summed E-state index contributed by atoms with van der Waals surface area (Å²) in [4.78, 5) is 24.1. The summed E-state index contributed by atoms with van der Waals surface area (Å²) in [5.41, 5.74) is 0.371. The maximum atomic E-state index is 12.0. The lowest BCUT2D eigenvalue weighted by Crippen LogP contribution is -2.34. The lowest BCUT2D eigenvalue weighted by atomic mass is 9.87. The third kappa shape index (κ3) is 2.34. The van der Waals surface area contributed by atoms with E-state index in [0.29, 0.717) is 23.1 Å². The Kier molecular flexibility index (Phi) is 3.96. The number of hydrogen-bond donors (Lipinski definition) is 1. The molecule has 3 rings (SSSR count). The van der Waals surface area contributed by atoms with Crippen LogP contribution >= 0.6 is 23.2 Å². The van der Waals surface area contributed by atoms with Crippen molar-refractivity contribution in [1.82, 2.24) is 5.32 Å². The molecule has 2 fully saturated rings. The minimum Gasteiger partial charge on any atom is -0.379 e. The van der Waals surface area contributed by atoms with Crippen molar-refractivity contribution in [3.63, 3.8) is 0 Å². The third-order valence-electron chi connectivity index (χ3n) is 4.57. The number of rotatable bonds is 5. The van der Waals surface area contributed by atoms with Crippen LogP contribution in [0.15, 0.2) is 18.2 Å². The van der Waals surface area contributed by atoms with Crippen molar-refractivity contribution in [2.75, 3.05) is 6.61 Å². The van der Waals surface area contributed by atoms with E-state index in [1.54, 1.807) is 12.1 Å². The fourth-order valence-electron chi connectivity index (χ4n) is 3.55. The van der Waals surface area contributed by atoms with Gasteiger partial charge in [-0.1, -0.05) is 29.3 Å². The summed E-state index contributed by atoms with van der Waals surface area (Å²) in [5.74, 6) is -1.06. The first-order valence-corrected chi connectivity index (χ1v) is 8.05. The first-order valence-electron chi connectivity index (χ1n) is 7.29. The Morgan fingerprint density at radius 1 is 1.18 bits per heavy atom. The summed E-state index contributed by atoms with van der Waals surface area (Å²) in [6.07, 6.45) is 0.714. The molecule has 1 aromatic carbocycles. The lowest BCUT2D eigenvalue weighted by molar-refractivity contribution is -0.128. The van der Waals surface area contributed by atoms with Crippen molar-refractivity contribution >= 4 is 35.0 Å². The lowest BCUT2D eigenvalue weighted by Gasteiger charge is -2.22. The Hall–Kier alpha value is -1.10. The zero-order chi connectivity index (χ0) is 16.1. The number of nitrogens with one attached hydrogen (secondary N) is 1. The molecule has 1 aliphatic carbocycles. The number of imide groups is 1. The molecule has 3 atom stereocenters. The van der Waals surface area contributed by atoms with Gasteiger partial charge in [0.05, 0.1) is 28.0 Å². The summed E-state index contributed by atoms with van der Waals surface area (Å²) < 4.78 is 5.63. The molecule has 4 nitrogen and oxygen atoms in total. The van der Waals surface area contributed by atoms with E-state index in [2.05, 4.69) is 5.32 Å². The normalized spacial score (nSPS) is 29.7. The molecule has 1 saturated carbocycles. The van der Waals surface area contributed by atoms with E-state index in [9.17, 15) is 9.59 Å². The number of piperidine rings is 1. The highest BCUT2D eigenvalue weighted by Crippen LogP contribution is 2.65. The van der Waals surface area contributed by atoms with E-state index < -0.39 is 5.41 Å². The van der Waals surface area contributed by atoms with Crippen molar-refractivity contribution in [2.45, 2.75) is 31.8 Å². The molecule has 1 saturated heterocycles. The van der Waals surface area contributed by atoms with Crippen LogP contribution in [0.5, 0.6) is 0 Å². The number of benzene rings is 1. The minimum absolute atomic E-state index is 0.106. The standard InChI is InChI=1S/C16H17Cl2NO3/c1-8(2)22-6-5-16(9-3-4-10(17)11(18)7-9)12-13(16)15(21)19-14(12)20/h3-4,7-8,12-13H,5-6H2,1-2H3,(H,19,20,21)/t12-,13+,16+. The number of amides is 2. The van der Waals surface area contributed by atoms with Gasteiger partial charge in [0, 0.05) is 12.0 Å². The molecular weight excluding hydrogens is 325 g/mol. The highest BCUT2D eigenvalue weighted by Gasteiger charge is 2.75. The van der Waals surface area contributed by atoms with Crippen LogP contribution in [0.3, 0.4) is 0 Å². The van der Waals surface area contributed by atoms with Gasteiger partial charge < -0.3 is 4.74 Å². The molecule has 2 aliphatic rings. The largest absolute Gasteiger partial charge is 0.379 e. The van der Waals surface area contributed by atoms with Gasteiger partial charge in [-0.3, -0.25) is 14.9 Å². The summed E-state index contributed by atoms with van der Waals surface area (Å²) in [6, 6.07) is 5.32. The molecule has 6 heteroatoms. The van der Waals surface area contributed by atoms with Gasteiger partial charge in [0.1, 0.15) is 0 Å². The van der Waals surface area contributed by atoms with Crippen LogP contribution in [0.4, 0.5) is 0 Å². The molecule has 2 amide bonds. The molecule has 0 radical (unpaired) electrons. The second kappa shape index (κ2) is 5.52. The highest BCUT2D eigenvalue weighted by molar-refractivity contribution is 6.42. The van der Waals surface area contributed by atoms with E-state index in [1.165, 1.54) is 0 Å². The van der Waals surface area contributed by atoms with Crippen molar-refractivity contribution < 1.29 is 14.3 Å². The second-order valence-electron chi connectivity index (χ2n) is 6.15. The van der Waals surface area contributed by atoms with Crippen LogP contribution in [-0.4, -0.2) is 24.5 Å². The maximum Gasteiger partial charge on any atom is 0.231 e. The monoisotopic (exact) mass is 341 g/mol. The zero-order valence-corrected chi connectivity index (χ0v) is 13.9. The van der Waals surface area contributed by atoms with E-state index >= 15 is 0 Å². The SMILES string of the molecule is CC(C)OCC[C@@]1(c2ccc(Cl)c(Cl)c2)[C@@H]2C(=O)NC(=O)[C@@H]21. The van der Waals surface area contributed by atoms with Gasteiger partial charge in [0.15, 0.2) is 0 Å². The topological polar surface area (TPSA) is 55.4 Å². The number of halogens is 2. The first kappa shape index (κ1) is 15.8. The Bertz CT molecular complexity index is 624. The number of ether oxygens (including phenoxy) is 1. The molecular formula is C16H17Cl2NO3. The smallest absolute Gasteiger partial charge is 0.231 e. The zero-order valence-electron chi connectivity index (χ0n) is 12.4. The molecule has 0 bridgehead atoms. The minimum atomic E-state index is -0.511. The van der Waals surface area contributed by atoms with Crippen molar-refractivity contribution in [2.24, 2.45) is 11.8 Å². The van der Waals surface area contributed by atoms with E-state index in [-0.39, 0.29) is 29.8 Å². The van der Waals surface area contributed by atoms with Gasteiger partial charge in [-0.2, -0.15) is 0 Å². The Labute approximate surface area is 139 Å². The summed E-state index contributed by atoms with van der Waals surface area (Å²) in [7, 11) is 0. The molecule has 0 unspecified atom stereocenters. The quantitative estimate of drug-likeness (QED) is 0.837. The summed E-state index contributed by atoms with van der Waals surface area (Å²) in [6.45, 7) is 4.40. The average molecular weight is 342 g/mol. The molecule has 1 N–H and O–H groups in total. The average Bonchev–Trinajstić information content (AvgIpc) is 3.01. The van der Waals surface area contributed by atoms with Gasteiger partial charge in [0.25, 0.3) is 0 Å². The van der Waals surface area contributed by atoms with E-state index in [1.807, 2.05) is 19.9 Å². The summed E-state index contributed by atoms with van der Waals surface area (Å²) in [5, 5.41) is 3.28. The Balaban J connectivity index is 1.93. The predicted octanol–water partition coefficient (Wildman–Crippen LogP) is 2.95. The van der Waals surface area contributed by atoms with Gasteiger partial charge in [-0.15, -0.1) is 0 Å². The van der Waals surface area contributed by atoms with Crippen molar-refractivity contribution in [3.8, 4) is 0 Å². The highest BCUT2D eigenvalue weighted by atomic mass is 35.5. The van der Waals surface area contributed by atoms with Crippen LogP contribution in [0.1, 0.15) is 25.8 Å². The molecule has 118 valence electrons. The summed E-state index contributed by atoms with van der Waals surface area (Å²) >= 11 is 12.1. The maximum absolute atomic E-state index is 12.0. The fourth-order valence-corrected chi connectivity index (χ4v) is 3.85. The van der Waals surface area contributed by atoms with Gasteiger partial charge in [-0.05, 0) is 38.0 Å². The molecule has 22 heavy (non-hydrogen) atoms. The van der Waals surface area contributed by atoms with Crippen molar-refractivity contribution in [3.05, 3.63) is 33.8 Å². The van der Waals surface area contributed by atoms with Crippen LogP contribution in [0, 0.1) is 11.8 Å². The molecule has 1 aromatic rings. The van der Waals surface area contributed by atoms with E-state index in [0.717, 1.165) is 5.56 Å². The molecule has 1 heterocycles. The van der Waals surface area contributed by atoms with Gasteiger partial charge in [0.2, 0.25) is 11.8 Å². The third-order valence-corrected chi connectivity index (χ3v) is 5.31. The molecule has 0 aromatic heterocycles. The van der Waals surface area contributed by atoms with Crippen LogP contribution in [-0.2, 0) is 19.7 Å².